The van der Waals surface area contributed by atoms with Crippen LogP contribution in [0.5, 0.6) is 0 Å². The number of hydrogen-bond donors (Lipinski definition) is 1. The van der Waals surface area contributed by atoms with Crippen molar-refractivity contribution in [2.45, 2.75) is 18.9 Å². The van der Waals surface area contributed by atoms with Crippen LogP contribution in [-0.2, 0) is 6.42 Å². The van der Waals surface area contributed by atoms with Gasteiger partial charge in [-0.1, -0.05) is 24.3 Å². The Labute approximate surface area is 140 Å². The van der Waals surface area contributed by atoms with Gasteiger partial charge in [-0.05, 0) is 30.0 Å². The van der Waals surface area contributed by atoms with Crippen molar-refractivity contribution in [1.29, 1.82) is 0 Å². The molecule has 0 bridgehead atoms. The Morgan fingerprint density at radius 2 is 2.26 bits per heavy atom. The Morgan fingerprint density at radius 1 is 1.35 bits per heavy atom. The maximum absolute atomic E-state index is 12.6. The van der Waals surface area contributed by atoms with E-state index in [4.69, 9.17) is 0 Å². The number of aryl methyl sites for hydroxylation is 1. The molecule has 0 saturated heterocycles. The summed E-state index contributed by atoms with van der Waals surface area (Å²) in [6.07, 6.45) is 4.01. The average Bonchev–Trinajstić information content (AvgIpc) is 3.28. The third-order valence-electron chi connectivity index (χ3n) is 4.40. The van der Waals surface area contributed by atoms with Gasteiger partial charge in [0.15, 0.2) is 4.96 Å². The summed E-state index contributed by atoms with van der Waals surface area (Å²) < 4.78 is 2.04. The predicted molar refractivity (Wildman–Crippen MR) is 93.4 cm³/mol. The highest BCUT2D eigenvalue weighted by molar-refractivity contribution is 7.21. The van der Waals surface area contributed by atoms with Gasteiger partial charge in [-0.2, -0.15) is 0 Å². The van der Waals surface area contributed by atoms with Crippen molar-refractivity contribution in [2.24, 2.45) is 0 Å². The summed E-state index contributed by atoms with van der Waals surface area (Å²) in [5, 5.41) is 5.19. The molecule has 1 N–H and O–H groups in total. The van der Waals surface area contributed by atoms with Gasteiger partial charge in [-0.15, -0.1) is 22.7 Å². The Kier molecular flexibility index (Phi) is 2.83. The topological polar surface area (TPSA) is 46.4 Å². The number of fused-ring (bicyclic) bond motifs is 4. The first kappa shape index (κ1) is 13.3. The molecule has 4 nitrogen and oxygen atoms in total. The molecule has 6 heteroatoms. The first-order valence-electron chi connectivity index (χ1n) is 7.53. The van der Waals surface area contributed by atoms with E-state index in [2.05, 4.69) is 28.5 Å². The number of thiophene rings is 1. The summed E-state index contributed by atoms with van der Waals surface area (Å²) in [6.45, 7) is 0. The van der Waals surface area contributed by atoms with Crippen LogP contribution >= 0.6 is 22.7 Å². The molecule has 1 aliphatic rings. The fraction of sp³-hybridized carbons (Fsp3) is 0.176. The van der Waals surface area contributed by atoms with Gasteiger partial charge >= 0.3 is 0 Å². The lowest BCUT2D eigenvalue weighted by Crippen LogP contribution is -2.26. The molecular formula is C17H13N3OS2. The van der Waals surface area contributed by atoms with Crippen LogP contribution < -0.4 is 5.32 Å². The maximum atomic E-state index is 12.6. The van der Waals surface area contributed by atoms with Crippen LogP contribution in [0, 0.1) is 0 Å². The van der Waals surface area contributed by atoms with Crippen molar-refractivity contribution in [3.05, 3.63) is 57.9 Å². The second-order valence-corrected chi connectivity index (χ2v) is 7.64. The highest BCUT2D eigenvalue weighted by Gasteiger charge is 2.25. The van der Waals surface area contributed by atoms with Gasteiger partial charge in [0, 0.05) is 11.6 Å². The summed E-state index contributed by atoms with van der Waals surface area (Å²) >= 11 is 3.07. The summed E-state index contributed by atoms with van der Waals surface area (Å²) in [4.78, 5) is 19.8. The fourth-order valence-corrected chi connectivity index (χ4v) is 5.00. The quantitative estimate of drug-likeness (QED) is 0.599. The highest BCUT2D eigenvalue weighted by Crippen LogP contribution is 2.32. The second-order valence-electron chi connectivity index (χ2n) is 5.73. The van der Waals surface area contributed by atoms with E-state index in [0.717, 1.165) is 33.0 Å². The minimum atomic E-state index is -0.00122. The molecule has 1 aliphatic carbocycles. The van der Waals surface area contributed by atoms with Crippen molar-refractivity contribution in [3.8, 4) is 0 Å². The molecule has 1 unspecified atom stereocenters. The van der Waals surface area contributed by atoms with E-state index in [1.165, 1.54) is 22.5 Å². The number of hydrogen-bond acceptors (Lipinski definition) is 4. The number of aromatic nitrogens is 2. The minimum absolute atomic E-state index is 0.00122. The van der Waals surface area contributed by atoms with Crippen molar-refractivity contribution < 1.29 is 4.79 Å². The van der Waals surface area contributed by atoms with E-state index in [9.17, 15) is 4.79 Å². The van der Waals surface area contributed by atoms with Crippen LogP contribution in [0.25, 0.3) is 15.3 Å². The van der Waals surface area contributed by atoms with Crippen molar-refractivity contribution >= 4 is 43.9 Å². The van der Waals surface area contributed by atoms with Crippen molar-refractivity contribution in [3.63, 3.8) is 0 Å². The minimum Gasteiger partial charge on any atom is -0.345 e. The number of benzene rings is 1. The third-order valence-corrected chi connectivity index (χ3v) is 6.18. The number of thiazole rings is 1. The lowest BCUT2D eigenvalue weighted by molar-refractivity contribution is 0.0941. The summed E-state index contributed by atoms with van der Waals surface area (Å²) in [7, 11) is 0. The van der Waals surface area contributed by atoms with Crippen LogP contribution in [0.1, 0.15) is 33.3 Å². The lowest BCUT2D eigenvalue weighted by Gasteiger charge is -2.13. The van der Waals surface area contributed by atoms with Crippen LogP contribution in [0.2, 0.25) is 0 Å². The van der Waals surface area contributed by atoms with Gasteiger partial charge in [0.25, 0.3) is 5.91 Å². The van der Waals surface area contributed by atoms with E-state index in [1.54, 1.807) is 11.3 Å². The molecule has 114 valence electrons. The third kappa shape index (κ3) is 2.02. The number of amides is 1. The normalized spacial score (nSPS) is 17.0. The van der Waals surface area contributed by atoms with Crippen molar-refractivity contribution in [2.75, 3.05) is 0 Å². The van der Waals surface area contributed by atoms with Crippen LogP contribution in [0.4, 0.5) is 0 Å². The first-order chi connectivity index (χ1) is 11.3. The number of carbonyl (C=O) groups is 1. The Bertz CT molecular complexity index is 1040. The number of nitrogens with zero attached hydrogens (tertiary/aromatic N) is 2. The zero-order valence-electron chi connectivity index (χ0n) is 12.2. The largest absolute Gasteiger partial charge is 0.345 e. The Morgan fingerprint density at radius 3 is 3.22 bits per heavy atom. The zero-order valence-corrected chi connectivity index (χ0v) is 13.8. The van der Waals surface area contributed by atoms with Crippen molar-refractivity contribution in [1.82, 2.24) is 14.7 Å². The fourth-order valence-electron chi connectivity index (χ4n) is 3.30. The van der Waals surface area contributed by atoms with Crippen LogP contribution in [0.3, 0.4) is 0 Å². The van der Waals surface area contributed by atoms with Gasteiger partial charge in [-0.25, -0.2) is 4.98 Å². The summed E-state index contributed by atoms with van der Waals surface area (Å²) in [5.74, 6) is -0.00122. The Hall–Kier alpha value is -2.18. The lowest BCUT2D eigenvalue weighted by atomic mass is 10.1. The van der Waals surface area contributed by atoms with E-state index < -0.39 is 0 Å². The Balaban J connectivity index is 1.45. The standard InChI is InChI=1S/C17H13N3OS2/c21-15(18-12-6-5-10-3-1-2-4-11(10)12)14-9-13-16(23-14)19-17-20(13)7-8-22-17/h1-4,7-9,12H,5-6H2,(H,18,21). The average molecular weight is 339 g/mol. The maximum Gasteiger partial charge on any atom is 0.261 e. The summed E-state index contributed by atoms with van der Waals surface area (Å²) in [6, 6.07) is 10.4. The van der Waals surface area contributed by atoms with Crippen LogP contribution in [0.15, 0.2) is 41.9 Å². The molecule has 23 heavy (non-hydrogen) atoms. The predicted octanol–water partition coefficient (Wildman–Crippen LogP) is 4.03. The molecule has 4 aromatic rings. The molecule has 3 aromatic heterocycles. The SMILES string of the molecule is O=C(NC1CCc2ccccc21)c1cc2c(nc3sccn32)s1. The first-order valence-corrected chi connectivity index (χ1v) is 9.23. The number of rotatable bonds is 2. The molecule has 5 rings (SSSR count). The van der Waals surface area contributed by atoms with E-state index in [1.807, 2.05) is 28.1 Å². The van der Waals surface area contributed by atoms with E-state index >= 15 is 0 Å². The van der Waals surface area contributed by atoms with Gasteiger partial charge in [0.05, 0.1) is 16.4 Å². The molecule has 0 spiro atoms. The number of carbonyl (C=O) groups excluding carboxylic acids is 1. The monoisotopic (exact) mass is 339 g/mol. The zero-order chi connectivity index (χ0) is 15.4. The highest BCUT2D eigenvalue weighted by atomic mass is 32.1. The molecule has 0 aliphatic heterocycles. The van der Waals surface area contributed by atoms with Gasteiger partial charge in [0.2, 0.25) is 0 Å². The van der Waals surface area contributed by atoms with E-state index in [-0.39, 0.29) is 11.9 Å². The van der Waals surface area contributed by atoms with E-state index in [0.29, 0.717) is 0 Å². The molecule has 1 aromatic carbocycles. The molecule has 0 fully saturated rings. The molecule has 3 heterocycles. The number of nitrogens with one attached hydrogen (secondary N) is 1. The summed E-state index contributed by atoms with van der Waals surface area (Å²) in [5.41, 5.74) is 3.62. The molecule has 0 saturated carbocycles. The molecule has 1 atom stereocenters. The van der Waals surface area contributed by atoms with Crippen LogP contribution in [-0.4, -0.2) is 15.3 Å². The smallest absolute Gasteiger partial charge is 0.261 e. The molecule has 0 radical (unpaired) electrons. The van der Waals surface area contributed by atoms with Gasteiger partial charge in [0.1, 0.15) is 4.83 Å². The number of imidazole rings is 1. The molecule has 1 amide bonds. The van der Waals surface area contributed by atoms with Gasteiger partial charge in [-0.3, -0.25) is 9.20 Å². The van der Waals surface area contributed by atoms with Gasteiger partial charge < -0.3 is 5.32 Å². The second kappa shape index (κ2) is 4.91. The molecular weight excluding hydrogens is 326 g/mol.